The molecule has 0 bridgehead atoms. The van der Waals surface area contributed by atoms with Gasteiger partial charge in [0.15, 0.2) is 5.11 Å². The van der Waals surface area contributed by atoms with E-state index in [1.54, 1.807) is 12.3 Å². The summed E-state index contributed by atoms with van der Waals surface area (Å²) in [6.07, 6.45) is 1.62. The summed E-state index contributed by atoms with van der Waals surface area (Å²) in [5.74, 6) is 1.32. The molecule has 0 atom stereocenters. The number of thiocarbonyl (C=S) groups is 1. The van der Waals surface area contributed by atoms with Crippen LogP contribution in [0.4, 0.5) is 10.1 Å². The van der Waals surface area contributed by atoms with Crippen molar-refractivity contribution in [3.8, 4) is 5.75 Å². The Balaban J connectivity index is 1.73. The number of furan rings is 1. The SMILES string of the molecule is CCOc1ccc(NC(=S)N(Cc2cccc(F)c2)Cc2ccco2)cc1. The number of benzene rings is 2. The van der Waals surface area contributed by atoms with Gasteiger partial charge in [-0.05, 0) is 73.2 Å². The van der Waals surface area contributed by atoms with Crippen molar-refractivity contribution in [3.63, 3.8) is 0 Å². The fraction of sp³-hybridized carbons (Fsp3) is 0.190. The molecule has 1 aromatic heterocycles. The van der Waals surface area contributed by atoms with Crippen molar-refractivity contribution >= 4 is 23.0 Å². The molecule has 0 unspecified atom stereocenters. The molecule has 2 aromatic carbocycles. The molecule has 0 amide bonds. The van der Waals surface area contributed by atoms with Gasteiger partial charge in [-0.25, -0.2) is 4.39 Å². The second-order valence-electron chi connectivity index (χ2n) is 5.95. The molecule has 0 saturated carbocycles. The summed E-state index contributed by atoms with van der Waals surface area (Å²) in [7, 11) is 0. The Bertz CT molecular complexity index is 866. The van der Waals surface area contributed by atoms with Gasteiger partial charge in [0.2, 0.25) is 0 Å². The Morgan fingerprint density at radius 3 is 2.59 bits per heavy atom. The molecule has 0 aliphatic rings. The van der Waals surface area contributed by atoms with Gasteiger partial charge in [0.05, 0.1) is 19.4 Å². The Kier molecular flexibility index (Phi) is 6.44. The monoisotopic (exact) mass is 384 g/mol. The summed E-state index contributed by atoms with van der Waals surface area (Å²) < 4.78 is 24.4. The molecule has 1 N–H and O–H groups in total. The third kappa shape index (κ3) is 5.56. The average Bonchev–Trinajstić information content (AvgIpc) is 3.16. The van der Waals surface area contributed by atoms with Gasteiger partial charge in [-0.1, -0.05) is 12.1 Å². The lowest BCUT2D eigenvalue weighted by atomic mass is 10.2. The summed E-state index contributed by atoms with van der Waals surface area (Å²) in [5.41, 5.74) is 1.68. The van der Waals surface area contributed by atoms with E-state index in [1.807, 2.05) is 54.3 Å². The van der Waals surface area contributed by atoms with Crippen LogP contribution in [0.25, 0.3) is 0 Å². The zero-order valence-corrected chi connectivity index (χ0v) is 15.8. The lowest BCUT2D eigenvalue weighted by Crippen LogP contribution is -2.33. The van der Waals surface area contributed by atoms with Crippen molar-refractivity contribution in [1.29, 1.82) is 0 Å². The summed E-state index contributed by atoms with van der Waals surface area (Å²) in [6, 6.07) is 17.8. The summed E-state index contributed by atoms with van der Waals surface area (Å²) in [5, 5.41) is 3.75. The number of halogens is 1. The minimum absolute atomic E-state index is 0.268. The maximum absolute atomic E-state index is 13.5. The third-order valence-electron chi connectivity index (χ3n) is 3.89. The number of rotatable bonds is 7. The molecular formula is C21H21FN2O2S. The summed E-state index contributed by atoms with van der Waals surface area (Å²) in [6.45, 7) is 3.50. The molecule has 1 heterocycles. The van der Waals surface area contributed by atoms with E-state index in [9.17, 15) is 4.39 Å². The van der Waals surface area contributed by atoms with Crippen LogP contribution < -0.4 is 10.1 Å². The van der Waals surface area contributed by atoms with Crippen LogP contribution in [-0.4, -0.2) is 16.6 Å². The predicted molar refractivity (Wildman–Crippen MR) is 108 cm³/mol. The van der Waals surface area contributed by atoms with E-state index < -0.39 is 0 Å². The maximum atomic E-state index is 13.5. The van der Waals surface area contributed by atoms with Gasteiger partial charge in [0.25, 0.3) is 0 Å². The lowest BCUT2D eigenvalue weighted by molar-refractivity contribution is 0.340. The van der Waals surface area contributed by atoms with Crippen molar-refractivity contribution in [2.45, 2.75) is 20.0 Å². The van der Waals surface area contributed by atoms with Crippen molar-refractivity contribution in [2.24, 2.45) is 0 Å². The molecule has 3 aromatic rings. The highest BCUT2D eigenvalue weighted by molar-refractivity contribution is 7.80. The van der Waals surface area contributed by atoms with Gasteiger partial charge in [-0.2, -0.15) is 0 Å². The van der Waals surface area contributed by atoms with E-state index in [0.29, 0.717) is 24.8 Å². The first-order valence-electron chi connectivity index (χ1n) is 8.69. The standard InChI is InChI=1S/C21H21FN2O2S/c1-2-25-19-10-8-18(9-11-19)23-21(27)24(15-20-7-4-12-26-20)14-16-5-3-6-17(22)13-16/h3-13H,2,14-15H2,1H3,(H,23,27). The molecular weight excluding hydrogens is 363 g/mol. The van der Waals surface area contributed by atoms with Crippen LogP contribution in [0, 0.1) is 5.82 Å². The molecule has 0 spiro atoms. The van der Waals surface area contributed by atoms with Crippen LogP contribution in [0.15, 0.2) is 71.3 Å². The van der Waals surface area contributed by atoms with Crippen LogP contribution in [0.5, 0.6) is 5.75 Å². The fourth-order valence-corrected chi connectivity index (χ4v) is 2.90. The number of hydrogen-bond donors (Lipinski definition) is 1. The predicted octanol–water partition coefficient (Wildman–Crippen LogP) is 5.22. The normalized spacial score (nSPS) is 10.4. The van der Waals surface area contributed by atoms with Crippen molar-refractivity contribution in [3.05, 3.63) is 84.1 Å². The van der Waals surface area contributed by atoms with Crippen LogP contribution in [0.2, 0.25) is 0 Å². The smallest absolute Gasteiger partial charge is 0.174 e. The second kappa shape index (κ2) is 9.19. The number of anilines is 1. The largest absolute Gasteiger partial charge is 0.494 e. The summed E-state index contributed by atoms with van der Waals surface area (Å²) >= 11 is 5.59. The number of ether oxygens (including phenoxy) is 1. The molecule has 27 heavy (non-hydrogen) atoms. The molecule has 0 aliphatic carbocycles. The molecule has 0 radical (unpaired) electrons. The Morgan fingerprint density at radius 2 is 1.93 bits per heavy atom. The van der Waals surface area contributed by atoms with E-state index in [4.69, 9.17) is 21.4 Å². The minimum Gasteiger partial charge on any atom is -0.494 e. The van der Waals surface area contributed by atoms with Gasteiger partial charge in [0.1, 0.15) is 17.3 Å². The van der Waals surface area contributed by atoms with Gasteiger partial charge in [-0.3, -0.25) is 0 Å². The molecule has 3 rings (SSSR count). The first-order valence-corrected chi connectivity index (χ1v) is 9.10. The van der Waals surface area contributed by atoms with E-state index in [0.717, 1.165) is 22.8 Å². The number of hydrogen-bond acceptors (Lipinski definition) is 3. The highest BCUT2D eigenvalue weighted by atomic mass is 32.1. The van der Waals surface area contributed by atoms with Crippen LogP contribution in [0.1, 0.15) is 18.2 Å². The molecule has 0 saturated heterocycles. The zero-order chi connectivity index (χ0) is 19.1. The quantitative estimate of drug-likeness (QED) is 0.566. The van der Waals surface area contributed by atoms with Gasteiger partial charge < -0.3 is 19.4 Å². The Labute approximate surface area is 163 Å². The second-order valence-corrected chi connectivity index (χ2v) is 6.34. The topological polar surface area (TPSA) is 37.6 Å². The Morgan fingerprint density at radius 1 is 1.11 bits per heavy atom. The number of nitrogens with zero attached hydrogens (tertiary/aromatic N) is 1. The number of nitrogens with one attached hydrogen (secondary N) is 1. The van der Waals surface area contributed by atoms with Crippen LogP contribution in [-0.2, 0) is 13.1 Å². The Hall–Kier alpha value is -2.86. The molecule has 140 valence electrons. The van der Waals surface area contributed by atoms with Crippen molar-refractivity contribution < 1.29 is 13.5 Å². The third-order valence-corrected chi connectivity index (χ3v) is 4.25. The maximum Gasteiger partial charge on any atom is 0.174 e. The molecule has 0 aliphatic heterocycles. The zero-order valence-electron chi connectivity index (χ0n) is 15.0. The van der Waals surface area contributed by atoms with Gasteiger partial charge in [-0.15, -0.1) is 0 Å². The lowest BCUT2D eigenvalue weighted by Gasteiger charge is -2.25. The first kappa shape index (κ1) is 18.9. The van der Waals surface area contributed by atoms with Crippen LogP contribution in [0.3, 0.4) is 0 Å². The highest BCUT2D eigenvalue weighted by Gasteiger charge is 2.13. The average molecular weight is 384 g/mol. The highest BCUT2D eigenvalue weighted by Crippen LogP contribution is 2.18. The van der Waals surface area contributed by atoms with E-state index in [2.05, 4.69) is 5.32 Å². The first-order chi connectivity index (χ1) is 13.1. The molecule has 4 nitrogen and oxygen atoms in total. The molecule has 0 fully saturated rings. The van der Waals surface area contributed by atoms with E-state index in [-0.39, 0.29) is 5.82 Å². The van der Waals surface area contributed by atoms with E-state index in [1.165, 1.54) is 12.1 Å². The summed E-state index contributed by atoms with van der Waals surface area (Å²) in [4.78, 5) is 1.93. The van der Waals surface area contributed by atoms with Crippen molar-refractivity contribution in [2.75, 3.05) is 11.9 Å². The fourth-order valence-electron chi connectivity index (χ4n) is 2.65. The van der Waals surface area contributed by atoms with Gasteiger partial charge >= 0.3 is 0 Å². The minimum atomic E-state index is -0.268. The van der Waals surface area contributed by atoms with E-state index >= 15 is 0 Å². The van der Waals surface area contributed by atoms with Gasteiger partial charge in [0, 0.05) is 12.2 Å². The van der Waals surface area contributed by atoms with Crippen LogP contribution >= 0.6 is 12.2 Å². The van der Waals surface area contributed by atoms with Crippen molar-refractivity contribution in [1.82, 2.24) is 4.90 Å². The molecule has 6 heteroatoms.